The van der Waals surface area contributed by atoms with E-state index in [-0.39, 0.29) is 11.8 Å². The van der Waals surface area contributed by atoms with Crippen LogP contribution >= 0.6 is 11.8 Å². The second-order valence-corrected chi connectivity index (χ2v) is 8.57. The van der Waals surface area contributed by atoms with E-state index in [1.54, 1.807) is 0 Å². The molecule has 1 aliphatic heterocycles. The Balaban J connectivity index is 1.65. The van der Waals surface area contributed by atoms with Crippen molar-refractivity contribution in [3.63, 3.8) is 0 Å². The van der Waals surface area contributed by atoms with Gasteiger partial charge < -0.3 is 4.90 Å². The fourth-order valence-corrected chi connectivity index (χ4v) is 4.55. The maximum Gasteiger partial charge on any atom is 0.278 e. The number of carbonyl (C=O) groups is 2. The molecular weight excluding hydrogens is 404 g/mol. The maximum absolute atomic E-state index is 13.4. The smallest absolute Gasteiger partial charge is 0.278 e. The van der Waals surface area contributed by atoms with Crippen molar-refractivity contribution in [2.45, 2.75) is 18.2 Å². The lowest BCUT2D eigenvalue weighted by Gasteiger charge is -2.21. The van der Waals surface area contributed by atoms with Crippen LogP contribution in [0.15, 0.2) is 100 Å². The normalized spacial score (nSPS) is 13.8. The molecule has 0 spiro atoms. The lowest BCUT2D eigenvalue weighted by Crippen LogP contribution is -2.35. The van der Waals surface area contributed by atoms with Gasteiger partial charge in [-0.1, -0.05) is 78.0 Å². The van der Waals surface area contributed by atoms with Crippen LogP contribution in [0, 0.1) is 6.92 Å². The molecule has 156 valence electrons. The van der Waals surface area contributed by atoms with Crippen molar-refractivity contribution in [3.8, 4) is 0 Å². The zero-order valence-electron chi connectivity index (χ0n) is 17.6. The number of carbonyl (C=O) groups excluding carboxylic acids is 2. The van der Waals surface area contributed by atoms with Crippen LogP contribution in [-0.2, 0) is 16.0 Å². The van der Waals surface area contributed by atoms with E-state index in [4.69, 9.17) is 0 Å². The summed E-state index contributed by atoms with van der Waals surface area (Å²) >= 11 is 1.35. The maximum atomic E-state index is 13.4. The summed E-state index contributed by atoms with van der Waals surface area (Å²) in [7, 11) is 1.84. The summed E-state index contributed by atoms with van der Waals surface area (Å²) in [4.78, 5) is 31.3. The molecule has 0 aromatic heterocycles. The predicted octanol–water partition coefficient (Wildman–Crippen LogP) is 5.05. The first kappa shape index (κ1) is 20.9. The molecule has 0 N–H and O–H groups in total. The molecule has 3 aromatic rings. The van der Waals surface area contributed by atoms with Crippen LogP contribution in [0.1, 0.15) is 11.1 Å². The van der Waals surface area contributed by atoms with Crippen molar-refractivity contribution in [2.24, 2.45) is 0 Å². The first-order chi connectivity index (χ1) is 15.0. The number of anilines is 1. The van der Waals surface area contributed by atoms with E-state index in [9.17, 15) is 9.59 Å². The lowest BCUT2D eigenvalue weighted by molar-refractivity contribution is -0.137. The highest BCUT2D eigenvalue weighted by Gasteiger charge is 2.40. The van der Waals surface area contributed by atoms with Gasteiger partial charge >= 0.3 is 0 Å². The van der Waals surface area contributed by atoms with Gasteiger partial charge in [0.25, 0.3) is 11.8 Å². The number of imide groups is 1. The van der Waals surface area contributed by atoms with E-state index < -0.39 is 0 Å². The molecule has 3 aromatic carbocycles. The van der Waals surface area contributed by atoms with Gasteiger partial charge in [0.15, 0.2) is 0 Å². The van der Waals surface area contributed by atoms with Gasteiger partial charge in [-0.15, -0.1) is 0 Å². The van der Waals surface area contributed by atoms with E-state index in [0.29, 0.717) is 23.6 Å². The van der Waals surface area contributed by atoms with Crippen LogP contribution in [0.4, 0.5) is 5.69 Å². The Labute approximate surface area is 187 Å². The number of nitrogens with zero attached hydrogens (tertiary/aromatic N) is 2. The Hall–Kier alpha value is -3.31. The first-order valence-corrected chi connectivity index (χ1v) is 11.0. The van der Waals surface area contributed by atoms with Gasteiger partial charge in [0.2, 0.25) is 0 Å². The standard InChI is InChI=1S/C26H24N2O2S/c1-19-13-15-22(16-14-19)31-24-23(27(2)21-11-7-4-8-12-21)25(29)28(26(24)30)18-17-20-9-5-3-6-10-20/h3-16H,17-18H2,1-2H3. The fraction of sp³-hybridized carbons (Fsp3) is 0.154. The van der Waals surface area contributed by atoms with Crippen LogP contribution in [0.5, 0.6) is 0 Å². The van der Waals surface area contributed by atoms with Gasteiger partial charge in [-0.2, -0.15) is 0 Å². The monoisotopic (exact) mass is 428 g/mol. The van der Waals surface area contributed by atoms with Gasteiger partial charge in [-0.25, -0.2) is 0 Å². The number of thioether (sulfide) groups is 1. The highest BCUT2D eigenvalue weighted by Crippen LogP contribution is 2.37. The summed E-state index contributed by atoms with van der Waals surface area (Å²) in [5, 5.41) is 0. The molecule has 4 rings (SSSR count). The highest BCUT2D eigenvalue weighted by atomic mass is 32.2. The Morgan fingerprint density at radius 2 is 1.42 bits per heavy atom. The summed E-state index contributed by atoms with van der Waals surface area (Å²) < 4.78 is 0. The molecule has 1 heterocycles. The van der Waals surface area contributed by atoms with Crippen molar-refractivity contribution in [2.75, 3.05) is 18.5 Å². The second-order valence-electron chi connectivity index (χ2n) is 7.48. The highest BCUT2D eigenvalue weighted by molar-refractivity contribution is 8.04. The van der Waals surface area contributed by atoms with Crippen molar-refractivity contribution in [3.05, 3.63) is 107 Å². The van der Waals surface area contributed by atoms with E-state index in [1.165, 1.54) is 16.7 Å². The van der Waals surface area contributed by atoms with Crippen LogP contribution < -0.4 is 4.90 Å². The summed E-state index contributed by atoms with van der Waals surface area (Å²) in [5.41, 5.74) is 3.54. The molecule has 0 saturated heterocycles. The quantitative estimate of drug-likeness (QED) is 0.494. The molecule has 0 unspecified atom stereocenters. The van der Waals surface area contributed by atoms with Gasteiger partial charge in [-0.05, 0) is 43.2 Å². The zero-order valence-corrected chi connectivity index (χ0v) is 18.4. The SMILES string of the molecule is Cc1ccc(SC2=C(N(C)c3ccccc3)C(=O)N(CCc3ccccc3)C2=O)cc1. The van der Waals surface area contributed by atoms with E-state index >= 15 is 0 Å². The number of aryl methyl sites for hydroxylation is 1. The van der Waals surface area contributed by atoms with Crippen LogP contribution in [-0.4, -0.2) is 30.3 Å². The minimum atomic E-state index is -0.248. The second kappa shape index (κ2) is 9.23. The number of hydrogen-bond donors (Lipinski definition) is 0. The molecule has 0 fully saturated rings. The Kier molecular flexibility index (Phi) is 6.23. The molecule has 0 saturated carbocycles. The van der Waals surface area contributed by atoms with E-state index in [2.05, 4.69) is 0 Å². The molecule has 4 nitrogen and oxygen atoms in total. The van der Waals surface area contributed by atoms with Crippen LogP contribution in [0.25, 0.3) is 0 Å². The van der Waals surface area contributed by atoms with Gasteiger partial charge in [-0.3, -0.25) is 14.5 Å². The Morgan fingerprint density at radius 3 is 2.06 bits per heavy atom. The largest absolute Gasteiger partial charge is 0.339 e. The molecule has 0 bridgehead atoms. The molecule has 0 atom stereocenters. The summed E-state index contributed by atoms with van der Waals surface area (Å²) in [5.74, 6) is -0.480. The third-order valence-corrected chi connectivity index (χ3v) is 6.37. The number of likely N-dealkylation sites (N-methyl/N-ethyl adjacent to an activating group) is 1. The number of hydrogen-bond acceptors (Lipinski definition) is 4. The molecule has 0 radical (unpaired) electrons. The Morgan fingerprint density at radius 1 is 0.806 bits per heavy atom. The van der Waals surface area contributed by atoms with Crippen molar-refractivity contribution < 1.29 is 9.59 Å². The van der Waals surface area contributed by atoms with Crippen LogP contribution in [0.2, 0.25) is 0 Å². The number of amides is 2. The molecule has 5 heteroatoms. The third kappa shape index (κ3) is 4.57. The average molecular weight is 429 g/mol. The summed E-state index contributed by atoms with van der Waals surface area (Å²) in [6, 6.07) is 27.6. The van der Waals surface area contributed by atoms with E-state index in [1.807, 2.05) is 104 Å². The number of para-hydroxylation sites is 1. The van der Waals surface area contributed by atoms with E-state index in [0.717, 1.165) is 21.7 Å². The fourth-order valence-electron chi connectivity index (χ4n) is 3.52. The van der Waals surface area contributed by atoms with Crippen molar-refractivity contribution >= 4 is 29.3 Å². The van der Waals surface area contributed by atoms with Gasteiger partial charge in [0, 0.05) is 24.2 Å². The minimum Gasteiger partial charge on any atom is -0.339 e. The number of rotatable bonds is 7. The molecule has 2 amide bonds. The van der Waals surface area contributed by atoms with Crippen molar-refractivity contribution in [1.82, 2.24) is 4.90 Å². The summed E-state index contributed by atoms with van der Waals surface area (Å²) in [6.07, 6.45) is 0.628. The van der Waals surface area contributed by atoms with Gasteiger partial charge in [0.05, 0.1) is 0 Å². The molecule has 0 aliphatic carbocycles. The van der Waals surface area contributed by atoms with Crippen molar-refractivity contribution in [1.29, 1.82) is 0 Å². The average Bonchev–Trinajstić information content (AvgIpc) is 3.03. The molecule has 1 aliphatic rings. The lowest BCUT2D eigenvalue weighted by atomic mass is 10.1. The Bertz CT molecular complexity index is 1110. The third-order valence-electron chi connectivity index (χ3n) is 5.29. The van der Waals surface area contributed by atoms with Gasteiger partial charge in [0.1, 0.15) is 10.6 Å². The topological polar surface area (TPSA) is 40.6 Å². The predicted molar refractivity (Wildman–Crippen MR) is 126 cm³/mol. The summed E-state index contributed by atoms with van der Waals surface area (Å²) in [6.45, 7) is 2.38. The molecule has 31 heavy (non-hydrogen) atoms. The number of benzene rings is 3. The first-order valence-electron chi connectivity index (χ1n) is 10.2. The molecular formula is C26H24N2O2S. The minimum absolute atomic E-state index is 0.232. The van der Waals surface area contributed by atoms with Crippen LogP contribution in [0.3, 0.4) is 0 Å². The zero-order chi connectivity index (χ0) is 21.8.